The van der Waals surface area contributed by atoms with Crippen molar-refractivity contribution in [2.45, 2.75) is 51.0 Å². The van der Waals surface area contributed by atoms with Crippen molar-refractivity contribution in [2.75, 3.05) is 56.2 Å². The highest BCUT2D eigenvalue weighted by atomic mass is 16.5. The van der Waals surface area contributed by atoms with Gasteiger partial charge >= 0.3 is 0 Å². The summed E-state index contributed by atoms with van der Waals surface area (Å²) >= 11 is 0. The van der Waals surface area contributed by atoms with E-state index in [1.165, 1.54) is 50.8 Å². The van der Waals surface area contributed by atoms with Crippen molar-refractivity contribution in [2.24, 2.45) is 17.8 Å². The molecule has 0 amide bonds. The largest absolute Gasteiger partial charge is 0.379 e. The number of hydrogen-bond acceptors (Lipinski definition) is 7. The first-order valence-electron chi connectivity index (χ1n) is 15.0. The van der Waals surface area contributed by atoms with Crippen LogP contribution in [0.2, 0.25) is 0 Å². The molecule has 4 fully saturated rings. The number of ether oxygens (including phenoxy) is 1. The van der Waals surface area contributed by atoms with Crippen LogP contribution in [0.15, 0.2) is 47.4 Å². The van der Waals surface area contributed by atoms with Crippen LogP contribution in [0.25, 0.3) is 11.0 Å². The molecule has 206 valence electrons. The Hall–Kier alpha value is -2.97. The second-order valence-corrected chi connectivity index (χ2v) is 12.1. The molecule has 3 atom stereocenters. The van der Waals surface area contributed by atoms with Gasteiger partial charge < -0.3 is 15.0 Å². The summed E-state index contributed by atoms with van der Waals surface area (Å²) < 4.78 is 7.44. The monoisotopic (exact) mass is 528 g/mol. The van der Waals surface area contributed by atoms with Crippen molar-refractivity contribution in [3.05, 3.63) is 52.9 Å². The molecule has 3 unspecified atom stereocenters. The van der Waals surface area contributed by atoms with Crippen molar-refractivity contribution in [3.8, 4) is 0 Å². The molecule has 2 aliphatic carbocycles. The highest BCUT2D eigenvalue weighted by Gasteiger charge is 2.41. The first-order valence-corrected chi connectivity index (χ1v) is 15.0. The van der Waals surface area contributed by atoms with E-state index in [9.17, 15) is 4.79 Å². The highest BCUT2D eigenvalue weighted by molar-refractivity contribution is 5.76. The Kier molecular flexibility index (Phi) is 6.99. The van der Waals surface area contributed by atoms with Crippen LogP contribution < -0.4 is 15.8 Å². The van der Waals surface area contributed by atoms with Crippen LogP contribution in [0.1, 0.15) is 51.0 Å². The van der Waals surface area contributed by atoms with Crippen LogP contribution in [-0.4, -0.2) is 65.4 Å². The van der Waals surface area contributed by atoms with Crippen molar-refractivity contribution in [1.29, 1.82) is 0 Å². The maximum Gasteiger partial charge on any atom is 0.252 e. The van der Waals surface area contributed by atoms with Gasteiger partial charge in [-0.1, -0.05) is 6.42 Å². The molecule has 3 aromatic rings. The lowest BCUT2D eigenvalue weighted by Crippen LogP contribution is -2.39. The number of hydrogen-bond donors (Lipinski definition) is 1. The molecule has 2 aliphatic heterocycles. The van der Waals surface area contributed by atoms with E-state index < -0.39 is 0 Å². The van der Waals surface area contributed by atoms with E-state index in [0.717, 1.165) is 74.4 Å². The standard InChI is InChI=1S/C31H40N6O2/c38-29-8-3-25-21-32-31(34-30(25)37(29)28-20-23-1-2-24(28)19-23)33-26-4-6-27(7-5-26)36-13-10-22(11-14-36)9-12-35-15-17-39-18-16-35/h3-8,21-24,28H,1-2,9-20H2,(H,32,33,34). The van der Waals surface area contributed by atoms with Crippen LogP contribution in [0.3, 0.4) is 0 Å². The van der Waals surface area contributed by atoms with Gasteiger partial charge in [-0.3, -0.25) is 14.3 Å². The fourth-order valence-corrected chi connectivity index (χ4v) is 7.50. The summed E-state index contributed by atoms with van der Waals surface area (Å²) in [7, 11) is 0. The molecule has 8 nitrogen and oxygen atoms in total. The number of nitrogens with one attached hydrogen (secondary N) is 1. The molecule has 8 heteroatoms. The minimum Gasteiger partial charge on any atom is -0.379 e. The summed E-state index contributed by atoms with van der Waals surface area (Å²) in [4.78, 5) is 27.4. The van der Waals surface area contributed by atoms with Crippen molar-refractivity contribution in [3.63, 3.8) is 0 Å². The molecule has 4 aliphatic rings. The zero-order valence-corrected chi connectivity index (χ0v) is 22.8. The van der Waals surface area contributed by atoms with Gasteiger partial charge in [0.1, 0.15) is 5.65 Å². The topological polar surface area (TPSA) is 75.5 Å². The quantitative estimate of drug-likeness (QED) is 0.471. The fraction of sp³-hybridized carbons (Fsp3) is 0.581. The Morgan fingerprint density at radius 2 is 1.74 bits per heavy atom. The number of piperidine rings is 1. The summed E-state index contributed by atoms with van der Waals surface area (Å²) in [5.74, 6) is 2.73. The Morgan fingerprint density at radius 1 is 0.923 bits per heavy atom. The lowest BCUT2D eigenvalue weighted by molar-refractivity contribution is 0.0349. The van der Waals surface area contributed by atoms with Gasteiger partial charge in [-0.15, -0.1) is 0 Å². The Balaban J connectivity index is 0.990. The summed E-state index contributed by atoms with van der Waals surface area (Å²) in [6.07, 6.45) is 10.6. The van der Waals surface area contributed by atoms with Gasteiger partial charge in [0.25, 0.3) is 5.56 Å². The molecule has 0 spiro atoms. The number of benzene rings is 1. The Bertz CT molecular complexity index is 1340. The highest BCUT2D eigenvalue weighted by Crippen LogP contribution is 2.50. The molecule has 2 saturated carbocycles. The zero-order chi connectivity index (χ0) is 26.2. The number of aromatic nitrogens is 3. The average molecular weight is 529 g/mol. The Morgan fingerprint density at radius 3 is 2.49 bits per heavy atom. The van der Waals surface area contributed by atoms with Gasteiger partial charge in [-0.2, -0.15) is 4.98 Å². The van der Waals surface area contributed by atoms with Gasteiger partial charge in [-0.25, -0.2) is 4.98 Å². The minimum atomic E-state index is 0.0546. The maximum absolute atomic E-state index is 13.0. The van der Waals surface area contributed by atoms with Gasteiger partial charge in [-0.05, 0) is 93.2 Å². The van der Waals surface area contributed by atoms with E-state index in [1.54, 1.807) is 6.07 Å². The van der Waals surface area contributed by atoms with Crippen LogP contribution in [-0.2, 0) is 4.74 Å². The summed E-state index contributed by atoms with van der Waals surface area (Å²) in [5, 5.41) is 4.31. The predicted molar refractivity (Wildman–Crippen MR) is 155 cm³/mol. The molecule has 1 N–H and O–H groups in total. The average Bonchev–Trinajstić information content (AvgIpc) is 3.61. The molecule has 2 bridgehead atoms. The van der Waals surface area contributed by atoms with E-state index >= 15 is 0 Å². The van der Waals surface area contributed by atoms with Gasteiger partial charge in [0.15, 0.2) is 0 Å². The van der Waals surface area contributed by atoms with Crippen LogP contribution in [0.4, 0.5) is 17.3 Å². The number of nitrogens with zero attached hydrogens (tertiary/aromatic N) is 5. The van der Waals surface area contributed by atoms with Crippen LogP contribution in [0.5, 0.6) is 0 Å². The lowest BCUT2D eigenvalue weighted by Gasteiger charge is -2.35. The van der Waals surface area contributed by atoms with E-state index in [1.807, 2.05) is 16.8 Å². The van der Waals surface area contributed by atoms with Gasteiger partial charge in [0, 0.05) is 61.2 Å². The normalized spacial score (nSPS) is 25.9. The smallest absolute Gasteiger partial charge is 0.252 e. The molecule has 7 rings (SSSR count). The zero-order valence-electron chi connectivity index (χ0n) is 22.8. The number of fused-ring (bicyclic) bond motifs is 3. The predicted octanol–water partition coefficient (Wildman–Crippen LogP) is 4.83. The molecule has 2 aromatic heterocycles. The third kappa shape index (κ3) is 5.29. The van der Waals surface area contributed by atoms with Gasteiger partial charge in [0.2, 0.25) is 5.95 Å². The maximum atomic E-state index is 13.0. The fourth-order valence-electron chi connectivity index (χ4n) is 7.50. The second kappa shape index (κ2) is 10.9. The number of rotatable bonds is 7. The van der Waals surface area contributed by atoms with Gasteiger partial charge in [0.05, 0.1) is 13.2 Å². The molecule has 4 heterocycles. The third-order valence-electron chi connectivity index (χ3n) is 9.76. The molecule has 1 aromatic carbocycles. The summed E-state index contributed by atoms with van der Waals surface area (Å²) in [6.45, 7) is 7.40. The SMILES string of the molecule is O=c1ccc2cnc(Nc3ccc(N4CCC(CCN5CCOCC5)CC4)cc3)nc2n1C1CC2CCC1C2. The van der Waals surface area contributed by atoms with E-state index in [2.05, 4.69) is 44.4 Å². The number of morpholine rings is 1. The van der Waals surface area contributed by atoms with Crippen molar-refractivity contribution < 1.29 is 4.74 Å². The molecule has 2 saturated heterocycles. The van der Waals surface area contributed by atoms with Crippen molar-refractivity contribution >= 4 is 28.4 Å². The Labute approximate surface area is 230 Å². The lowest BCUT2D eigenvalue weighted by atomic mass is 9.93. The molecule has 39 heavy (non-hydrogen) atoms. The van der Waals surface area contributed by atoms with Crippen LogP contribution >= 0.6 is 0 Å². The molecular weight excluding hydrogens is 488 g/mol. The second-order valence-electron chi connectivity index (χ2n) is 12.1. The molecule has 0 radical (unpaired) electrons. The van der Waals surface area contributed by atoms with E-state index in [-0.39, 0.29) is 11.6 Å². The minimum absolute atomic E-state index is 0.0546. The number of pyridine rings is 1. The number of anilines is 3. The van der Waals surface area contributed by atoms with Crippen LogP contribution in [0, 0.1) is 17.8 Å². The van der Waals surface area contributed by atoms with E-state index in [4.69, 9.17) is 9.72 Å². The third-order valence-corrected chi connectivity index (χ3v) is 9.76. The van der Waals surface area contributed by atoms with Crippen molar-refractivity contribution in [1.82, 2.24) is 19.4 Å². The first kappa shape index (κ1) is 25.0. The first-order chi connectivity index (χ1) is 19.2. The molecular formula is C31H40N6O2. The summed E-state index contributed by atoms with van der Waals surface area (Å²) in [5.41, 5.74) is 3.05. The van der Waals surface area contributed by atoms with E-state index in [0.29, 0.717) is 11.9 Å². The summed E-state index contributed by atoms with van der Waals surface area (Å²) in [6, 6.07) is 12.4.